The highest BCUT2D eigenvalue weighted by Gasteiger charge is 2.02. The molecule has 1 aromatic rings. The molecule has 0 unspecified atom stereocenters. The minimum Gasteiger partial charge on any atom is -0.477 e. The average molecular weight is 210 g/mol. The molecule has 0 saturated carbocycles. The molecule has 0 aliphatic rings. The van der Waals surface area contributed by atoms with Crippen LogP contribution in [0, 0.1) is 0 Å². The number of nitrogens with one attached hydrogen (secondary N) is 1. The smallest absolute Gasteiger partial charge is 0.225 e. The standard InChI is InChI=1S/C10H18N4O/c1-3-5-12-8-7-9(15-6-4-2)14-10(11)13-8/h7H,3-6H2,1-2H3,(H3,11,12,13,14). The Kier molecular flexibility index (Phi) is 4.66. The summed E-state index contributed by atoms with van der Waals surface area (Å²) in [6, 6.07) is 1.77. The Morgan fingerprint density at radius 3 is 2.80 bits per heavy atom. The van der Waals surface area contributed by atoms with Crippen molar-refractivity contribution in [3.63, 3.8) is 0 Å². The second kappa shape index (κ2) is 6.06. The lowest BCUT2D eigenvalue weighted by molar-refractivity contribution is 0.305. The van der Waals surface area contributed by atoms with Crippen molar-refractivity contribution in [2.75, 3.05) is 24.2 Å². The number of hydrogen-bond donors (Lipinski definition) is 2. The summed E-state index contributed by atoms with van der Waals surface area (Å²) in [6.45, 7) is 5.64. The number of nitrogens with zero attached hydrogens (tertiary/aromatic N) is 2. The molecule has 0 saturated heterocycles. The summed E-state index contributed by atoms with van der Waals surface area (Å²) in [5, 5.41) is 3.14. The molecule has 0 aliphatic heterocycles. The van der Waals surface area contributed by atoms with E-state index in [1.54, 1.807) is 6.07 Å². The number of rotatable bonds is 6. The molecule has 15 heavy (non-hydrogen) atoms. The number of anilines is 2. The first kappa shape index (κ1) is 11.6. The van der Waals surface area contributed by atoms with E-state index in [0.29, 0.717) is 12.5 Å². The molecule has 3 N–H and O–H groups in total. The molecule has 0 amide bonds. The number of hydrogen-bond acceptors (Lipinski definition) is 5. The second-order valence-corrected chi connectivity index (χ2v) is 3.22. The zero-order chi connectivity index (χ0) is 11.1. The summed E-state index contributed by atoms with van der Waals surface area (Å²) in [4.78, 5) is 8.04. The first-order chi connectivity index (χ1) is 7.26. The van der Waals surface area contributed by atoms with Crippen LogP contribution in [0.3, 0.4) is 0 Å². The van der Waals surface area contributed by atoms with E-state index in [9.17, 15) is 0 Å². The molecule has 0 aromatic carbocycles. The highest BCUT2D eigenvalue weighted by Crippen LogP contribution is 2.14. The molecule has 1 rings (SSSR count). The molecule has 5 heteroatoms. The lowest BCUT2D eigenvalue weighted by Crippen LogP contribution is -2.07. The quantitative estimate of drug-likeness (QED) is 0.747. The maximum atomic E-state index is 5.56. The van der Waals surface area contributed by atoms with Crippen molar-refractivity contribution in [3.05, 3.63) is 6.07 Å². The van der Waals surface area contributed by atoms with E-state index in [-0.39, 0.29) is 5.95 Å². The van der Waals surface area contributed by atoms with Gasteiger partial charge in [0, 0.05) is 12.6 Å². The summed E-state index contributed by atoms with van der Waals surface area (Å²) in [7, 11) is 0. The number of nitrogen functional groups attached to an aromatic ring is 1. The third-order valence-electron chi connectivity index (χ3n) is 1.73. The van der Waals surface area contributed by atoms with Gasteiger partial charge in [0.2, 0.25) is 11.8 Å². The van der Waals surface area contributed by atoms with Crippen LogP contribution in [-0.4, -0.2) is 23.1 Å². The lowest BCUT2D eigenvalue weighted by Gasteiger charge is -2.07. The highest BCUT2D eigenvalue weighted by atomic mass is 16.5. The fraction of sp³-hybridized carbons (Fsp3) is 0.600. The monoisotopic (exact) mass is 210 g/mol. The molecule has 0 fully saturated rings. The molecule has 0 aliphatic carbocycles. The Bertz CT molecular complexity index is 277. The van der Waals surface area contributed by atoms with Crippen molar-refractivity contribution in [2.24, 2.45) is 0 Å². The molecular weight excluding hydrogens is 192 g/mol. The van der Waals surface area contributed by atoms with Gasteiger partial charge < -0.3 is 15.8 Å². The number of ether oxygens (including phenoxy) is 1. The van der Waals surface area contributed by atoms with E-state index in [0.717, 1.165) is 25.2 Å². The maximum absolute atomic E-state index is 5.56. The third kappa shape index (κ3) is 4.01. The van der Waals surface area contributed by atoms with Gasteiger partial charge >= 0.3 is 0 Å². The first-order valence-electron chi connectivity index (χ1n) is 5.27. The third-order valence-corrected chi connectivity index (χ3v) is 1.73. The van der Waals surface area contributed by atoms with Crippen LogP contribution < -0.4 is 15.8 Å². The van der Waals surface area contributed by atoms with Crippen LogP contribution in [0.5, 0.6) is 5.88 Å². The van der Waals surface area contributed by atoms with Crippen molar-refractivity contribution in [1.82, 2.24) is 9.97 Å². The fourth-order valence-electron chi connectivity index (χ4n) is 1.07. The van der Waals surface area contributed by atoms with Gasteiger partial charge in [-0.25, -0.2) is 0 Å². The Morgan fingerprint density at radius 2 is 2.13 bits per heavy atom. The van der Waals surface area contributed by atoms with Crippen LogP contribution in [0.1, 0.15) is 26.7 Å². The number of nitrogens with two attached hydrogens (primary N) is 1. The van der Waals surface area contributed by atoms with E-state index in [2.05, 4.69) is 22.2 Å². The largest absolute Gasteiger partial charge is 0.477 e. The minimum absolute atomic E-state index is 0.238. The Hall–Kier alpha value is -1.52. The lowest BCUT2D eigenvalue weighted by atomic mass is 10.4. The fourth-order valence-corrected chi connectivity index (χ4v) is 1.07. The van der Waals surface area contributed by atoms with Crippen molar-refractivity contribution in [2.45, 2.75) is 26.7 Å². The van der Waals surface area contributed by atoms with E-state index in [1.165, 1.54) is 0 Å². The van der Waals surface area contributed by atoms with Crippen LogP contribution in [0.25, 0.3) is 0 Å². The van der Waals surface area contributed by atoms with Gasteiger partial charge in [-0.05, 0) is 12.8 Å². The molecule has 0 spiro atoms. The average Bonchev–Trinajstić information content (AvgIpc) is 2.23. The Morgan fingerprint density at radius 1 is 1.33 bits per heavy atom. The molecule has 0 atom stereocenters. The van der Waals surface area contributed by atoms with E-state index in [4.69, 9.17) is 10.5 Å². The van der Waals surface area contributed by atoms with Gasteiger partial charge in [-0.3, -0.25) is 0 Å². The van der Waals surface area contributed by atoms with Crippen molar-refractivity contribution in [1.29, 1.82) is 0 Å². The van der Waals surface area contributed by atoms with Gasteiger partial charge in [0.25, 0.3) is 0 Å². The summed E-state index contributed by atoms with van der Waals surface area (Å²) < 4.78 is 5.39. The number of aromatic nitrogens is 2. The SMILES string of the molecule is CCCNc1cc(OCCC)nc(N)n1. The van der Waals surface area contributed by atoms with Gasteiger partial charge in [-0.2, -0.15) is 9.97 Å². The van der Waals surface area contributed by atoms with Crippen LogP contribution >= 0.6 is 0 Å². The van der Waals surface area contributed by atoms with Gasteiger partial charge in [-0.1, -0.05) is 13.8 Å². The van der Waals surface area contributed by atoms with Gasteiger partial charge in [0.05, 0.1) is 6.61 Å². The maximum Gasteiger partial charge on any atom is 0.225 e. The van der Waals surface area contributed by atoms with Gasteiger partial charge in [0.1, 0.15) is 5.82 Å². The van der Waals surface area contributed by atoms with Crippen molar-refractivity contribution < 1.29 is 4.74 Å². The molecule has 1 aromatic heterocycles. The van der Waals surface area contributed by atoms with Crippen LogP contribution in [0.4, 0.5) is 11.8 Å². The zero-order valence-corrected chi connectivity index (χ0v) is 9.29. The van der Waals surface area contributed by atoms with E-state index >= 15 is 0 Å². The first-order valence-corrected chi connectivity index (χ1v) is 5.27. The molecule has 84 valence electrons. The topological polar surface area (TPSA) is 73.1 Å². The zero-order valence-electron chi connectivity index (χ0n) is 9.29. The molecular formula is C10H18N4O. The van der Waals surface area contributed by atoms with E-state index in [1.807, 2.05) is 6.92 Å². The summed E-state index contributed by atoms with van der Waals surface area (Å²) in [5.74, 6) is 1.49. The van der Waals surface area contributed by atoms with Crippen molar-refractivity contribution in [3.8, 4) is 5.88 Å². The predicted octanol–water partition coefficient (Wildman–Crippen LogP) is 1.67. The summed E-state index contributed by atoms with van der Waals surface area (Å²) in [5.41, 5.74) is 5.56. The van der Waals surface area contributed by atoms with Gasteiger partial charge in [0.15, 0.2) is 0 Å². The molecule has 0 bridgehead atoms. The van der Waals surface area contributed by atoms with Crippen LogP contribution in [-0.2, 0) is 0 Å². The summed E-state index contributed by atoms with van der Waals surface area (Å²) >= 11 is 0. The predicted molar refractivity (Wildman–Crippen MR) is 61.0 cm³/mol. The Labute approximate surface area is 90.1 Å². The second-order valence-electron chi connectivity index (χ2n) is 3.22. The molecule has 0 radical (unpaired) electrons. The Balaban J connectivity index is 2.66. The normalized spacial score (nSPS) is 10.0. The van der Waals surface area contributed by atoms with Crippen LogP contribution in [0.2, 0.25) is 0 Å². The minimum atomic E-state index is 0.238. The molecule has 5 nitrogen and oxygen atoms in total. The summed E-state index contributed by atoms with van der Waals surface area (Å²) in [6.07, 6.45) is 1.98. The van der Waals surface area contributed by atoms with E-state index < -0.39 is 0 Å². The highest BCUT2D eigenvalue weighted by molar-refractivity contribution is 5.42. The van der Waals surface area contributed by atoms with Crippen molar-refractivity contribution >= 4 is 11.8 Å². The van der Waals surface area contributed by atoms with Crippen LogP contribution in [0.15, 0.2) is 6.07 Å². The molecule has 1 heterocycles. The van der Waals surface area contributed by atoms with Gasteiger partial charge in [-0.15, -0.1) is 0 Å².